The lowest BCUT2D eigenvalue weighted by molar-refractivity contribution is -0.137. The first-order valence-corrected chi connectivity index (χ1v) is 10.4. The molecule has 1 aromatic carbocycles. The fraction of sp³-hybridized carbons (Fsp3) is 0.652. The summed E-state index contributed by atoms with van der Waals surface area (Å²) < 4.78 is 50.3. The molecule has 0 aromatic heterocycles. The molecule has 4 heteroatoms. The Morgan fingerprint density at radius 2 is 1.30 bits per heavy atom. The Balaban J connectivity index is 1.39. The number of hydrogen-bond acceptors (Lipinski definition) is 0. The zero-order valence-electron chi connectivity index (χ0n) is 15.9. The second-order valence-electron chi connectivity index (χ2n) is 8.51. The fourth-order valence-corrected chi connectivity index (χ4v) is 4.97. The average molecular weight is 382 g/mol. The van der Waals surface area contributed by atoms with Crippen molar-refractivity contribution in [2.45, 2.75) is 76.3 Å². The summed E-state index contributed by atoms with van der Waals surface area (Å²) in [7, 11) is 0. The Bertz CT molecular complexity index is 586. The Morgan fingerprint density at radius 3 is 1.78 bits per heavy atom. The molecular weight excluding hydrogens is 352 g/mol. The molecule has 0 unspecified atom stereocenters. The SMILES string of the molecule is FC=CC1CCC(CCC2CCC(c3ccc(C(F)(F)F)cc3)CC2)CC1. The van der Waals surface area contributed by atoms with Gasteiger partial charge in [-0.05, 0) is 92.7 Å². The van der Waals surface area contributed by atoms with Crippen molar-refractivity contribution in [2.75, 3.05) is 0 Å². The summed E-state index contributed by atoms with van der Waals surface area (Å²) in [5.74, 6) is 2.40. The predicted octanol–water partition coefficient (Wildman–Crippen LogP) is 8.05. The quantitative estimate of drug-likeness (QED) is 0.452. The van der Waals surface area contributed by atoms with Crippen LogP contribution in [-0.4, -0.2) is 0 Å². The van der Waals surface area contributed by atoms with Crippen LogP contribution < -0.4 is 0 Å². The molecule has 2 saturated carbocycles. The molecule has 0 radical (unpaired) electrons. The molecule has 0 amide bonds. The van der Waals surface area contributed by atoms with Gasteiger partial charge in [0, 0.05) is 0 Å². The van der Waals surface area contributed by atoms with E-state index in [-0.39, 0.29) is 0 Å². The molecule has 0 heterocycles. The van der Waals surface area contributed by atoms with Gasteiger partial charge in [0.15, 0.2) is 0 Å². The number of halogens is 4. The number of rotatable bonds is 5. The number of allylic oxidation sites excluding steroid dienone is 1. The van der Waals surface area contributed by atoms with Gasteiger partial charge in [-0.15, -0.1) is 0 Å². The normalized spacial score (nSPS) is 29.9. The van der Waals surface area contributed by atoms with Crippen LogP contribution in [0, 0.1) is 17.8 Å². The second kappa shape index (κ2) is 9.25. The van der Waals surface area contributed by atoms with E-state index in [1.165, 1.54) is 50.7 Å². The smallest absolute Gasteiger partial charge is 0.216 e. The van der Waals surface area contributed by atoms with Crippen LogP contribution in [0.4, 0.5) is 17.6 Å². The molecule has 2 fully saturated rings. The fourth-order valence-electron chi connectivity index (χ4n) is 4.97. The molecule has 0 N–H and O–H groups in total. The van der Waals surface area contributed by atoms with Gasteiger partial charge < -0.3 is 0 Å². The predicted molar refractivity (Wildman–Crippen MR) is 101 cm³/mol. The molecule has 2 aliphatic carbocycles. The van der Waals surface area contributed by atoms with E-state index in [0.29, 0.717) is 18.2 Å². The maximum Gasteiger partial charge on any atom is 0.416 e. The van der Waals surface area contributed by atoms with E-state index in [0.717, 1.165) is 43.1 Å². The third kappa shape index (κ3) is 5.83. The number of alkyl halides is 3. The molecule has 27 heavy (non-hydrogen) atoms. The monoisotopic (exact) mass is 382 g/mol. The highest BCUT2D eigenvalue weighted by atomic mass is 19.4. The van der Waals surface area contributed by atoms with Crippen molar-refractivity contribution in [3.63, 3.8) is 0 Å². The molecule has 0 spiro atoms. The van der Waals surface area contributed by atoms with Crippen LogP contribution in [0.15, 0.2) is 36.7 Å². The minimum Gasteiger partial charge on any atom is -0.216 e. The van der Waals surface area contributed by atoms with Crippen molar-refractivity contribution >= 4 is 0 Å². The summed E-state index contributed by atoms with van der Waals surface area (Å²) in [5, 5.41) is 0. The van der Waals surface area contributed by atoms with E-state index in [1.807, 2.05) is 0 Å². The van der Waals surface area contributed by atoms with Crippen molar-refractivity contribution in [1.82, 2.24) is 0 Å². The molecule has 2 aliphatic rings. The van der Waals surface area contributed by atoms with Crippen LogP contribution in [0.2, 0.25) is 0 Å². The third-order valence-electron chi connectivity index (χ3n) is 6.78. The van der Waals surface area contributed by atoms with E-state index in [4.69, 9.17) is 0 Å². The van der Waals surface area contributed by atoms with Crippen LogP contribution in [-0.2, 0) is 6.18 Å². The lowest BCUT2D eigenvalue weighted by Gasteiger charge is -2.31. The number of benzene rings is 1. The van der Waals surface area contributed by atoms with Crippen molar-refractivity contribution in [3.05, 3.63) is 47.8 Å². The average Bonchev–Trinajstić information content (AvgIpc) is 2.68. The maximum atomic E-state index is 12.7. The van der Waals surface area contributed by atoms with E-state index in [2.05, 4.69) is 0 Å². The summed E-state index contributed by atoms with van der Waals surface area (Å²) in [4.78, 5) is 0. The number of hydrogen-bond donors (Lipinski definition) is 0. The highest BCUT2D eigenvalue weighted by molar-refractivity contribution is 5.27. The molecule has 1 aromatic rings. The highest BCUT2D eigenvalue weighted by Crippen LogP contribution is 2.40. The third-order valence-corrected chi connectivity index (χ3v) is 6.78. The zero-order chi connectivity index (χ0) is 19.3. The first-order chi connectivity index (χ1) is 13.0. The van der Waals surface area contributed by atoms with Gasteiger partial charge in [0.2, 0.25) is 0 Å². The van der Waals surface area contributed by atoms with Crippen molar-refractivity contribution in [2.24, 2.45) is 17.8 Å². The van der Waals surface area contributed by atoms with E-state index in [1.54, 1.807) is 18.2 Å². The van der Waals surface area contributed by atoms with Gasteiger partial charge >= 0.3 is 6.18 Å². The van der Waals surface area contributed by atoms with Crippen LogP contribution in [0.5, 0.6) is 0 Å². The largest absolute Gasteiger partial charge is 0.416 e. The second-order valence-corrected chi connectivity index (χ2v) is 8.51. The van der Waals surface area contributed by atoms with Crippen LogP contribution in [0.1, 0.15) is 81.3 Å². The van der Waals surface area contributed by atoms with Gasteiger partial charge in [0.1, 0.15) is 0 Å². The van der Waals surface area contributed by atoms with E-state index in [9.17, 15) is 17.6 Å². The zero-order valence-corrected chi connectivity index (χ0v) is 15.9. The summed E-state index contributed by atoms with van der Waals surface area (Å²) in [5.41, 5.74) is 0.498. The molecule has 3 rings (SSSR count). The summed E-state index contributed by atoms with van der Waals surface area (Å²) >= 11 is 0. The van der Waals surface area contributed by atoms with Crippen molar-refractivity contribution < 1.29 is 17.6 Å². The summed E-state index contributed by atoms with van der Waals surface area (Å²) in [6.45, 7) is 0. The highest BCUT2D eigenvalue weighted by Gasteiger charge is 2.31. The van der Waals surface area contributed by atoms with E-state index >= 15 is 0 Å². The van der Waals surface area contributed by atoms with Crippen molar-refractivity contribution in [3.8, 4) is 0 Å². The Hall–Kier alpha value is -1.32. The summed E-state index contributed by atoms with van der Waals surface area (Å²) in [6, 6.07) is 5.77. The summed E-state index contributed by atoms with van der Waals surface area (Å²) in [6.07, 6.45) is 9.92. The van der Waals surface area contributed by atoms with Gasteiger partial charge in [-0.3, -0.25) is 0 Å². The molecule has 0 aliphatic heterocycles. The molecule has 0 atom stereocenters. The van der Waals surface area contributed by atoms with Gasteiger partial charge in [0.25, 0.3) is 0 Å². The van der Waals surface area contributed by atoms with Crippen LogP contribution in [0.25, 0.3) is 0 Å². The molecular formula is C23H30F4. The first kappa shape index (κ1) is 20.4. The van der Waals surface area contributed by atoms with E-state index < -0.39 is 11.7 Å². The van der Waals surface area contributed by atoms with Gasteiger partial charge in [-0.2, -0.15) is 13.2 Å². The Labute approximate surface area is 160 Å². The lowest BCUT2D eigenvalue weighted by atomic mass is 9.74. The molecule has 0 saturated heterocycles. The van der Waals surface area contributed by atoms with Gasteiger partial charge in [0.05, 0.1) is 11.9 Å². The topological polar surface area (TPSA) is 0 Å². The Kier molecular flexibility index (Phi) is 6.99. The van der Waals surface area contributed by atoms with Crippen LogP contribution in [0.3, 0.4) is 0 Å². The van der Waals surface area contributed by atoms with Gasteiger partial charge in [-0.25, -0.2) is 4.39 Å². The molecule has 150 valence electrons. The van der Waals surface area contributed by atoms with Crippen LogP contribution >= 0.6 is 0 Å². The maximum absolute atomic E-state index is 12.7. The van der Waals surface area contributed by atoms with Crippen molar-refractivity contribution in [1.29, 1.82) is 0 Å². The molecule has 0 nitrogen and oxygen atoms in total. The first-order valence-electron chi connectivity index (χ1n) is 10.4. The minimum atomic E-state index is -4.25. The lowest BCUT2D eigenvalue weighted by Crippen LogP contribution is -2.17. The minimum absolute atomic E-state index is 0.409. The standard InChI is InChI=1S/C23H30F4/c24-16-15-19-5-3-17(4-6-19)1-2-18-7-9-20(10-8-18)21-11-13-22(14-12-21)23(25,26)27/h11-20H,1-10H2. The van der Waals surface area contributed by atoms with Gasteiger partial charge in [-0.1, -0.05) is 31.1 Å². The molecule has 0 bridgehead atoms. The Morgan fingerprint density at radius 1 is 0.778 bits per heavy atom.